The summed E-state index contributed by atoms with van der Waals surface area (Å²) in [5.74, 6) is -1.58. The number of methoxy groups -OCH3 is 1. The van der Waals surface area contributed by atoms with Crippen LogP contribution in [0.3, 0.4) is 0 Å². The monoisotopic (exact) mass is 319 g/mol. The predicted molar refractivity (Wildman–Crippen MR) is 75.0 cm³/mol. The van der Waals surface area contributed by atoms with Gasteiger partial charge in [0.2, 0.25) is 10.0 Å². The Morgan fingerprint density at radius 3 is 2.60 bits per heavy atom. The van der Waals surface area contributed by atoms with E-state index in [4.69, 9.17) is 21.4 Å². The molecule has 1 aromatic rings. The van der Waals surface area contributed by atoms with Gasteiger partial charge in [0.15, 0.2) is 5.75 Å². The van der Waals surface area contributed by atoms with Crippen molar-refractivity contribution in [3.8, 4) is 5.75 Å². The highest BCUT2D eigenvalue weighted by atomic mass is 35.5. The molecule has 0 radical (unpaired) electrons. The molecule has 6 nitrogen and oxygen atoms in total. The quantitative estimate of drug-likeness (QED) is 0.809. The smallest absolute Gasteiger partial charge is 0.339 e. The van der Waals surface area contributed by atoms with E-state index in [2.05, 4.69) is 6.58 Å². The SMILES string of the molecule is C=CCN(C)S(=O)(=O)c1cc(Cl)cc(C(=O)O)c1OC. The normalized spacial score (nSPS) is 11.4. The van der Waals surface area contributed by atoms with Crippen molar-refractivity contribution in [1.82, 2.24) is 4.31 Å². The van der Waals surface area contributed by atoms with Gasteiger partial charge < -0.3 is 9.84 Å². The van der Waals surface area contributed by atoms with Crippen LogP contribution in [0.4, 0.5) is 0 Å². The van der Waals surface area contributed by atoms with Crippen LogP contribution < -0.4 is 4.74 Å². The van der Waals surface area contributed by atoms with E-state index < -0.39 is 16.0 Å². The summed E-state index contributed by atoms with van der Waals surface area (Å²) in [5, 5.41) is 9.08. The van der Waals surface area contributed by atoms with E-state index in [1.54, 1.807) is 0 Å². The molecule has 1 N–H and O–H groups in total. The molecule has 1 aromatic carbocycles. The zero-order valence-electron chi connectivity index (χ0n) is 11.0. The van der Waals surface area contributed by atoms with Crippen molar-refractivity contribution < 1.29 is 23.1 Å². The molecule has 0 fully saturated rings. The maximum Gasteiger partial charge on any atom is 0.339 e. The van der Waals surface area contributed by atoms with Crippen LogP contribution in [0.15, 0.2) is 29.7 Å². The summed E-state index contributed by atoms with van der Waals surface area (Å²) >= 11 is 5.79. The number of nitrogens with zero attached hydrogens (tertiary/aromatic N) is 1. The second-order valence-electron chi connectivity index (χ2n) is 3.86. The summed E-state index contributed by atoms with van der Waals surface area (Å²) in [6.45, 7) is 3.53. The Morgan fingerprint density at radius 1 is 1.55 bits per heavy atom. The molecule has 0 aliphatic heterocycles. The number of carboxylic acid groups (broad SMARTS) is 1. The Bertz CT molecular complexity index is 641. The van der Waals surface area contributed by atoms with Gasteiger partial charge in [-0.05, 0) is 12.1 Å². The van der Waals surface area contributed by atoms with Gasteiger partial charge in [0.1, 0.15) is 10.5 Å². The lowest BCUT2D eigenvalue weighted by Crippen LogP contribution is -2.27. The largest absolute Gasteiger partial charge is 0.494 e. The molecule has 1 rings (SSSR count). The second kappa shape index (κ2) is 6.25. The topological polar surface area (TPSA) is 83.9 Å². The molecule has 0 aromatic heterocycles. The van der Waals surface area contributed by atoms with Gasteiger partial charge in [-0.1, -0.05) is 17.7 Å². The van der Waals surface area contributed by atoms with E-state index >= 15 is 0 Å². The highest BCUT2D eigenvalue weighted by Crippen LogP contribution is 2.33. The first kappa shape index (κ1) is 16.5. The van der Waals surface area contributed by atoms with Gasteiger partial charge in [0.25, 0.3) is 0 Å². The predicted octanol–water partition coefficient (Wildman–Crippen LogP) is 1.85. The van der Waals surface area contributed by atoms with Crippen LogP contribution in [0.2, 0.25) is 5.02 Å². The Kier molecular flexibility index (Phi) is 5.15. The minimum Gasteiger partial charge on any atom is -0.494 e. The summed E-state index contributed by atoms with van der Waals surface area (Å²) in [7, 11) is -1.39. The number of likely N-dealkylation sites (N-methyl/N-ethyl adjacent to an activating group) is 1. The minimum atomic E-state index is -3.93. The fourth-order valence-electron chi connectivity index (χ4n) is 1.58. The molecule has 0 saturated carbocycles. The third-order valence-corrected chi connectivity index (χ3v) is 4.58. The van der Waals surface area contributed by atoms with Gasteiger partial charge in [-0.3, -0.25) is 0 Å². The lowest BCUT2D eigenvalue weighted by molar-refractivity contribution is 0.0693. The first-order valence-electron chi connectivity index (χ1n) is 5.43. The molecular formula is C12H14ClNO5S. The molecule has 0 aliphatic carbocycles. The first-order chi connectivity index (χ1) is 9.25. The van der Waals surface area contributed by atoms with Crippen molar-refractivity contribution in [2.75, 3.05) is 20.7 Å². The third-order valence-electron chi connectivity index (χ3n) is 2.53. The first-order valence-corrected chi connectivity index (χ1v) is 7.25. The number of rotatable bonds is 6. The number of benzene rings is 1. The van der Waals surface area contributed by atoms with E-state index in [1.165, 1.54) is 20.2 Å². The van der Waals surface area contributed by atoms with Crippen molar-refractivity contribution in [2.45, 2.75) is 4.90 Å². The van der Waals surface area contributed by atoms with E-state index in [0.717, 1.165) is 16.4 Å². The highest BCUT2D eigenvalue weighted by Gasteiger charge is 2.28. The highest BCUT2D eigenvalue weighted by molar-refractivity contribution is 7.89. The fourth-order valence-corrected chi connectivity index (χ4v) is 3.20. The van der Waals surface area contributed by atoms with Gasteiger partial charge in [-0.2, -0.15) is 4.31 Å². The Hall–Kier alpha value is -1.57. The third kappa shape index (κ3) is 3.12. The Morgan fingerprint density at radius 2 is 2.15 bits per heavy atom. The lowest BCUT2D eigenvalue weighted by atomic mass is 10.2. The molecule has 0 amide bonds. The van der Waals surface area contributed by atoms with Crippen LogP contribution >= 0.6 is 11.6 Å². The molecular weight excluding hydrogens is 306 g/mol. The van der Waals surface area contributed by atoms with Crippen molar-refractivity contribution in [1.29, 1.82) is 0 Å². The van der Waals surface area contributed by atoms with E-state index in [-0.39, 0.29) is 27.8 Å². The summed E-state index contributed by atoms with van der Waals surface area (Å²) in [6, 6.07) is 2.29. The number of carboxylic acids is 1. The molecule has 0 unspecified atom stereocenters. The summed E-state index contributed by atoms with van der Waals surface area (Å²) in [5.41, 5.74) is -0.314. The average molecular weight is 320 g/mol. The van der Waals surface area contributed by atoms with E-state index in [0.29, 0.717) is 0 Å². The van der Waals surface area contributed by atoms with E-state index in [9.17, 15) is 13.2 Å². The standard InChI is InChI=1S/C12H14ClNO5S/c1-4-5-14(2)20(17,18)10-7-8(13)6-9(12(15)16)11(10)19-3/h4,6-7H,1,5H2,2-3H3,(H,15,16). The molecule has 0 saturated heterocycles. The summed E-state index contributed by atoms with van der Waals surface area (Å²) < 4.78 is 30.7. The molecule has 0 atom stereocenters. The zero-order chi connectivity index (χ0) is 15.5. The molecule has 20 heavy (non-hydrogen) atoms. The van der Waals surface area contributed by atoms with Crippen LogP contribution in [-0.4, -0.2) is 44.5 Å². The van der Waals surface area contributed by atoms with Crippen LogP contribution in [0, 0.1) is 0 Å². The molecule has 110 valence electrons. The number of ether oxygens (including phenoxy) is 1. The zero-order valence-corrected chi connectivity index (χ0v) is 12.5. The minimum absolute atomic E-state index is 0.00576. The number of halogens is 1. The van der Waals surface area contributed by atoms with Crippen molar-refractivity contribution in [3.05, 3.63) is 35.4 Å². The molecule has 8 heteroatoms. The molecule has 0 aliphatic rings. The number of carbonyl (C=O) groups is 1. The Labute approximate surface area is 122 Å². The summed E-state index contributed by atoms with van der Waals surface area (Å²) in [6.07, 6.45) is 1.41. The van der Waals surface area contributed by atoms with Crippen molar-refractivity contribution in [3.63, 3.8) is 0 Å². The Balaban J connectivity index is 3.59. The second-order valence-corrected chi connectivity index (χ2v) is 6.31. The van der Waals surface area contributed by atoms with Crippen LogP contribution in [0.5, 0.6) is 5.75 Å². The van der Waals surface area contributed by atoms with Gasteiger partial charge in [0, 0.05) is 18.6 Å². The van der Waals surface area contributed by atoms with Crippen LogP contribution in [0.1, 0.15) is 10.4 Å². The number of hydrogen-bond donors (Lipinski definition) is 1. The van der Waals surface area contributed by atoms with Crippen molar-refractivity contribution in [2.24, 2.45) is 0 Å². The van der Waals surface area contributed by atoms with Crippen LogP contribution in [0.25, 0.3) is 0 Å². The van der Waals surface area contributed by atoms with E-state index in [1.807, 2.05) is 0 Å². The van der Waals surface area contributed by atoms with Crippen LogP contribution in [-0.2, 0) is 10.0 Å². The molecule has 0 bridgehead atoms. The fraction of sp³-hybridized carbons (Fsp3) is 0.250. The van der Waals surface area contributed by atoms with Gasteiger partial charge in [-0.25, -0.2) is 13.2 Å². The number of hydrogen-bond acceptors (Lipinski definition) is 4. The molecule has 0 spiro atoms. The average Bonchev–Trinajstić information content (AvgIpc) is 2.37. The lowest BCUT2D eigenvalue weighted by Gasteiger charge is -2.18. The van der Waals surface area contributed by atoms with Crippen molar-refractivity contribution >= 4 is 27.6 Å². The van der Waals surface area contributed by atoms with Gasteiger partial charge >= 0.3 is 5.97 Å². The maximum atomic E-state index is 12.4. The number of aromatic carboxylic acids is 1. The van der Waals surface area contributed by atoms with Gasteiger partial charge in [-0.15, -0.1) is 6.58 Å². The summed E-state index contributed by atoms with van der Waals surface area (Å²) in [4.78, 5) is 10.8. The maximum absolute atomic E-state index is 12.4. The van der Waals surface area contributed by atoms with Gasteiger partial charge in [0.05, 0.1) is 7.11 Å². The number of sulfonamides is 1. The molecule has 0 heterocycles.